The van der Waals surface area contributed by atoms with Gasteiger partial charge in [0.1, 0.15) is 5.75 Å². The van der Waals surface area contributed by atoms with Gasteiger partial charge in [0.15, 0.2) is 0 Å². The minimum Gasteiger partial charge on any atom is -0.491 e. The van der Waals surface area contributed by atoms with Gasteiger partial charge in [-0.1, -0.05) is 0 Å². The van der Waals surface area contributed by atoms with E-state index in [1.54, 1.807) is 0 Å². The summed E-state index contributed by atoms with van der Waals surface area (Å²) in [7, 11) is 0. The first-order valence-corrected chi connectivity index (χ1v) is 6.68. The lowest BCUT2D eigenvalue weighted by molar-refractivity contribution is 0.242. The Kier molecular flexibility index (Phi) is 3.53. The zero-order valence-corrected chi connectivity index (χ0v) is 11.8. The third-order valence-electron chi connectivity index (χ3n) is 3.43. The van der Waals surface area contributed by atoms with Gasteiger partial charge in [0.25, 0.3) is 0 Å². The summed E-state index contributed by atoms with van der Waals surface area (Å²) in [5.74, 6) is 0.926. The van der Waals surface area contributed by atoms with E-state index in [9.17, 15) is 0 Å². The van der Waals surface area contributed by atoms with Crippen molar-refractivity contribution in [2.45, 2.75) is 51.8 Å². The van der Waals surface area contributed by atoms with Gasteiger partial charge in [0.2, 0.25) is 0 Å². The summed E-state index contributed by atoms with van der Waals surface area (Å²) >= 11 is 0. The molecule has 18 heavy (non-hydrogen) atoms. The molecule has 1 heterocycles. The average molecular weight is 248 g/mol. The van der Waals surface area contributed by atoms with E-state index in [-0.39, 0.29) is 17.7 Å². The van der Waals surface area contributed by atoms with Crippen molar-refractivity contribution >= 4 is 5.69 Å². The fraction of sp³-hybridized carbons (Fsp3) is 0.600. The van der Waals surface area contributed by atoms with Crippen LogP contribution in [0.2, 0.25) is 0 Å². The van der Waals surface area contributed by atoms with Crippen molar-refractivity contribution in [2.75, 3.05) is 11.4 Å². The Morgan fingerprint density at radius 2 is 1.89 bits per heavy atom. The SMILES string of the molecule is CC(C)Oc1ccc(N2CC(N)CC2(C)C)cc1. The van der Waals surface area contributed by atoms with Gasteiger partial charge >= 0.3 is 0 Å². The van der Waals surface area contributed by atoms with Crippen molar-refractivity contribution in [3.63, 3.8) is 0 Å². The molecule has 0 bridgehead atoms. The molecule has 1 saturated heterocycles. The van der Waals surface area contributed by atoms with E-state index in [0.717, 1.165) is 18.7 Å². The largest absolute Gasteiger partial charge is 0.491 e. The third kappa shape index (κ3) is 2.78. The molecule has 2 rings (SSSR count). The summed E-state index contributed by atoms with van der Waals surface area (Å²) in [6.07, 6.45) is 1.25. The second kappa shape index (κ2) is 4.81. The molecule has 1 aliphatic heterocycles. The van der Waals surface area contributed by atoms with Gasteiger partial charge < -0.3 is 15.4 Å². The topological polar surface area (TPSA) is 38.5 Å². The predicted molar refractivity (Wildman–Crippen MR) is 76.2 cm³/mol. The molecule has 0 aromatic heterocycles. The van der Waals surface area contributed by atoms with Crippen LogP contribution < -0.4 is 15.4 Å². The van der Waals surface area contributed by atoms with Crippen LogP contribution in [0.1, 0.15) is 34.1 Å². The molecule has 3 nitrogen and oxygen atoms in total. The predicted octanol–water partition coefficient (Wildman–Crippen LogP) is 2.79. The molecule has 0 saturated carbocycles. The summed E-state index contributed by atoms with van der Waals surface area (Å²) < 4.78 is 5.66. The van der Waals surface area contributed by atoms with Gasteiger partial charge in [-0.25, -0.2) is 0 Å². The van der Waals surface area contributed by atoms with E-state index in [1.165, 1.54) is 5.69 Å². The first kappa shape index (κ1) is 13.2. The molecule has 0 spiro atoms. The van der Waals surface area contributed by atoms with Gasteiger partial charge in [-0.15, -0.1) is 0 Å². The second-order valence-corrected chi connectivity index (χ2v) is 6.05. The number of ether oxygens (including phenoxy) is 1. The smallest absolute Gasteiger partial charge is 0.119 e. The van der Waals surface area contributed by atoms with E-state index in [0.29, 0.717) is 0 Å². The Labute approximate surface area is 110 Å². The molecule has 0 amide bonds. The van der Waals surface area contributed by atoms with Crippen LogP contribution in [0.3, 0.4) is 0 Å². The molecule has 2 N–H and O–H groups in total. The molecule has 0 aliphatic carbocycles. The average Bonchev–Trinajstić information content (AvgIpc) is 2.52. The Hall–Kier alpha value is -1.22. The number of hydrogen-bond acceptors (Lipinski definition) is 3. The van der Waals surface area contributed by atoms with Crippen LogP contribution in [-0.4, -0.2) is 24.2 Å². The van der Waals surface area contributed by atoms with E-state index in [4.69, 9.17) is 10.5 Å². The summed E-state index contributed by atoms with van der Waals surface area (Å²) in [6, 6.07) is 8.59. The highest BCUT2D eigenvalue weighted by Gasteiger charge is 2.36. The van der Waals surface area contributed by atoms with Crippen molar-refractivity contribution in [3.05, 3.63) is 24.3 Å². The van der Waals surface area contributed by atoms with Crippen molar-refractivity contribution in [3.8, 4) is 5.75 Å². The minimum absolute atomic E-state index is 0.139. The van der Waals surface area contributed by atoms with Gasteiger partial charge in [-0.3, -0.25) is 0 Å². The highest BCUT2D eigenvalue weighted by Crippen LogP contribution is 2.33. The van der Waals surface area contributed by atoms with Crippen molar-refractivity contribution in [1.82, 2.24) is 0 Å². The van der Waals surface area contributed by atoms with Gasteiger partial charge in [0, 0.05) is 23.8 Å². The Bertz CT molecular complexity index is 397. The Morgan fingerprint density at radius 1 is 1.28 bits per heavy atom. The maximum Gasteiger partial charge on any atom is 0.119 e. The number of nitrogens with two attached hydrogens (primary N) is 1. The van der Waals surface area contributed by atoms with E-state index < -0.39 is 0 Å². The van der Waals surface area contributed by atoms with E-state index in [1.807, 2.05) is 26.0 Å². The van der Waals surface area contributed by atoms with Crippen molar-refractivity contribution < 1.29 is 4.74 Å². The monoisotopic (exact) mass is 248 g/mol. The lowest BCUT2D eigenvalue weighted by Crippen LogP contribution is -2.38. The third-order valence-corrected chi connectivity index (χ3v) is 3.43. The highest BCUT2D eigenvalue weighted by atomic mass is 16.5. The Balaban J connectivity index is 2.14. The second-order valence-electron chi connectivity index (χ2n) is 6.05. The number of anilines is 1. The molecule has 3 heteroatoms. The number of nitrogens with zero attached hydrogens (tertiary/aromatic N) is 1. The van der Waals surface area contributed by atoms with Crippen LogP contribution in [0.25, 0.3) is 0 Å². The first-order valence-electron chi connectivity index (χ1n) is 6.68. The first-order chi connectivity index (χ1) is 8.38. The summed E-state index contributed by atoms with van der Waals surface area (Å²) in [5.41, 5.74) is 7.43. The summed E-state index contributed by atoms with van der Waals surface area (Å²) in [4.78, 5) is 2.39. The van der Waals surface area contributed by atoms with Crippen LogP contribution in [0.5, 0.6) is 5.75 Å². The van der Waals surface area contributed by atoms with Gasteiger partial charge in [0.05, 0.1) is 6.10 Å². The zero-order chi connectivity index (χ0) is 13.3. The van der Waals surface area contributed by atoms with Gasteiger partial charge in [-0.05, 0) is 58.4 Å². The molecular weight excluding hydrogens is 224 g/mol. The van der Waals surface area contributed by atoms with Crippen LogP contribution in [0.4, 0.5) is 5.69 Å². The highest BCUT2D eigenvalue weighted by molar-refractivity contribution is 5.52. The molecular formula is C15H24N2O. The Morgan fingerprint density at radius 3 is 2.33 bits per heavy atom. The molecule has 1 unspecified atom stereocenters. The fourth-order valence-electron chi connectivity index (χ4n) is 2.73. The maximum absolute atomic E-state index is 6.07. The van der Waals surface area contributed by atoms with Crippen LogP contribution in [0.15, 0.2) is 24.3 Å². The molecule has 0 radical (unpaired) electrons. The molecule has 1 aromatic rings. The molecule has 100 valence electrons. The van der Waals surface area contributed by atoms with E-state index in [2.05, 4.69) is 30.9 Å². The normalized spacial score (nSPS) is 22.6. The number of benzene rings is 1. The fourth-order valence-corrected chi connectivity index (χ4v) is 2.73. The van der Waals surface area contributed by atoms with E-state index >= 15 is 0 Å². The molecule has 1 fully saturated rings. The minimum atomic E-state index is 0.139. The van der Waals surface area contributed by atoms with Crippen molar-refractivity contribution in [2.24, 2.45) is 5.73 Å². The molecule has 1 atom stereocenters. The molecule has 1 aliphatic rings. The van der Waals surface area contributed by atoms with Crippen LogP contribution >= 0.6 is 0 Å². The number of rotatable bonds is 3. The lowest BCUT2D eigenvalue weighted by Gasteiger charge is -2.33. The summed E-state index contributed by atoms with van der Waals surface area (Å²) in [5, 5.41) is 0. The van der Waals surface area contributed by atoms with Crippen LogP contribution in [-0.2, 0) is 0 Å². The van der Waals surface area contributed by atoms with Gasteiger partial charge in [-0.2, -0.15) is 0 Å². The maximum atomic E-state index is 6.07. The standard InChI is InChI=1S/C15H24N2O/c1-11(2)18-14-7-5-13(6-8-14)17-10-12(16)9-15(17,3)4/h5-8,11-12H,9-10,16H2,1-4H3. The zero-order valence-electron chi connectivity index (χ0n) is 11.8. The number of hydrogen-bond donors (Lipinski definition) is 1. The molecule has 1 aromatic carbocycles. The van der Waals surface area contributed by atoms with Crippen LogP contribution in [0, 0.1) is 0 Å². The van der Waals surface area contributed by atoms with Crippen molar-refractivity contribution in [1.29, 1.82) is 0 Å². The lowest BCUT2D eigenvalue weighted by atomic mass is 10.00. The quantitative estimate of drug-likeness (QED) is 0.894. The summed E-state index contributed by atoms with van der Waals surface area (Å²) in [6.45, 7) is 9.50.